The summed E-state index contributed by atoms with van der Waals surface area (Å²) in [5.74, 6) is -0.00266. The van der Waals surface area contributed by atoms with Gasteiger partial charge in [0.25, 0.3) is 5.91 Å². The first-order valence-electron chi connectivity index (χ1n) is 7.31. The molecule has 0 saturated carbocycles. The first kappa shape index (κ1) is 15.3. The number of hydrogen-bond donors (Lipinski definition) is 1. The molecular weight excluding hydrogens is 258 g/mol. The standard InChI is InChI=1S/C19H23NO/c1-14-10-11-15(2)17(12-14)18(21)20-19(3,4)13-16-8-6-5-7-9-16/h5-12H,13H2,1-4H3,(H,20,21). The van der Waals surface area contributed by atoms with Crippen LogP contribution in [0.3, 0.4) is 0 Å². The fourth-order valence-electron chi connectivity index (χ4n) is 2.51. The average Bonchev–Trinajstić information content (AvgIpc) is 2.41. The molecular formula is C19H23NO. The minimum atomic E-state index is -0.283. The summed E-state index contributed by atoms with van der Waals surface area (Å²) in [5, 5.41) is 3.15. The van der Waals surface area contributed by atoms with Gasteiger partial charge < -0.3 is 5.32 Å². The molecule has 0 saturated heterocycles. The van der Waals surface area contributed by atoms with Crippen molar-refractivity contribution in [2.75, 3.05) is 0 Å². The molecule has 0 fully saturated rings. The lowest BCUT2D eigenvalue weighted by atomic mass is 9.94. The normalized spacial score (nSPS) is 11.2. The van der Waals surface area contributed by atoms with E-state index >= 15 is 0 Å². The Kier molecular flexibility index (Phi) is 4.46. The number of rotatable bonds is 4. The molecule has 1 N–H and O–H groups in total. The van der Waals surface area contributed by atoms with E-state index in [1.807, 2.05) is 50.2 Å². The lowest BCUT2D eigenvalue weighted by Crippen LogP contribution is -2.45. The molecule has 0 aliphatic rings. The van der Waals surface area contributed by atoms with Crippen LogP contribution in [0.15, 0.2) is 48.5 Å². The fourth-order valence-corrected chi connectivity index (χ4v) is 2.51. The summed E-state index contributed by atoms with van der Waals surface area (Å²) in [4.78, 5) is 12.5. The summed E-state index contributed by atoms with van der Waals surface area (Å²) in [7, 11) is 0. The van der Waals surface area contributed by atoms with Crippen LogP contribution in [-0.4, -0.2) is 11.4 Å². The molecule has 0 atom stereocenters. The minimum Gasteiger partial charge on any atom is -0.347 e. The highest BCUT2D eigenvalue weighted by Gasteiger charge is 2.22. The number of nitrogens with one attached hydrogen (secondary N) is 1. The second kappa shape index (κ2) is 6.13. The van der Waals surface area contributed by atoms with E-state index in [2.05, 4.69) is 31.3 Å². The van der Waals surface area contributed by atoms with Crippen molar-refractivity contribution in [1.29, 1.82) is 0 Å². The van der Waals surface area contributed by atoms with Crippen LogP contribution in [-0.2, 0) is 6.42 Å². The van der Waals surface area contributed by atoms with Gasteiger partial charge in [-0.25, -0.2) is 0 Å². The molecule has 0 aliphatic heterocycles. The largest absolute Gasteiger partial charge is 0.347 e. The third kappa shape index (κ3) is 4.19. The highest BCUT2D eigenvalue weighted by molar-refractivity contribution is 5.96. The predicted octanol–water partition coefficient (Wildman–Crippen LogP) is 4.05. The summed E-state index contributed by atoms with van der Waals surface area (Å²) in [6.45, 7) is 8.09. The molecule has 0 spiro atoms. The molecule has 2 aromatic carbocycles. The van der Waals surface area contributed by atoms with Gasteiger partial charge in [-0.2, -0.15) is 0 Å². The number of aryl methyl sites for hydroxylation is 2. The van der Waals surface area contributed by atoms with Gasteiger partial charge in [-0.3, -0.25) is 4.79 Å². The van der Waals surface area contributed by atoms with E-state index in [1.54, 1.807) is 0 Å². The zero-order chi connectivity index (χ0) is 15.5. The molecule has 21 heavy (non-hydrogen) atoms. The third-order valence-electron chi connectivity index (χ3n) is 3.58. The van der Waals surface area contributed by atoms with Crippen LogP contribution in [0.4, 0.5) is 0 Å². The topological polar surface area (TPSA) is 29.1 Å². The van der Waals surface area contributed by atoms with Gasteiger partial charge in [0, 0.05) is 11.1 Å². The Morgan fingerprint density at radius 1 is 1.05 bits per heavy atom. The lowest BCUT2D eigenvalue weighted by Gasteiger charge is -2.27. The monoisotopic (exact) mass is 281 g/mol. The molecule has 0 unspecified atom stereocenters. The van der Waals surface area contributed by atoms with E-state index in [-0.39, 0.29) is 11.4 Å². The van der Waals surface area contributed by atoms with Gasteiger partial charge in [-0.1, -0.05) is 48.0 Å². The Labute approximate surface area is 127 Å². The maximum Gasteiger partial charge on any atom is 0.251 e. The van der Waals surface area contributed by atoms with E-state index in [1.165, 1.54) is 5.56 Å². The molecule has 0 bridgehead atoms. The minimum absolute atomic E-state index is 0.00266. The molecule has 0 radical (unpaired) electrons. The van der Waals surface area contributed by atoms with Crippen LogP contribution in [0, 0.1) is 13.8 Å². The summed E-state index contributed by atoms with van der Waals surface area (Å²) in [6.07, 6.45) is 0.810. The van der Waals surface area contributed by atoms with E-state index < -0.39 is 0 Å². The second-order valence-corrected chi connectivity index (χ2v) is 6.32. The predicted molar refractivity (Wildman–Crippen MR) is 87.6 cm³/mol. The van der Waals surface area contributed by atoms with Crippen molar-refractivity contribution in [2.24, 2.45) is 0 Å². The van der Waals surface area contributed by atoms with Gasteiger partial charge in [-0.05, 0) is 51.3 Å². The zero-order valence-corrected chi connectivity index (χ0v) is 13.2. The summed E-state index contributed by atoms with van der Waals surface area (Å²) >= 11 is 0. The van der Waals surface area contributed by atoms with Crippen LogP contribution in [0.2, 0.25) is 0 Å². The molecule has 2 heteroatoms. The highest BCUT2D eigenvalue weighted by atomic mass is 16.1. The summed E-state index contributed by atoms with van der Waals surface area (Å²) < 4.78 is 0. The molecule has 0 aliphatic carbocycles. The van der Waals surface area contributed by atoms with Crippen molar-refractivity contribution in [3.63, 3.8) is 0 Å². The van der Waals surface area contributed by atoms with Gasteiger partial charge in [-0.15, -0.1) is 0 Å². The van der Waals surface area contributed by atoms with Gasteiger partial charge in [0.05, 0.1) is 0 Å². The molecule has 110 valence electrons. The number of carbonyl (C=O) groups excluding carboxylic acids is 1. The van der Waals surface area contributed by atoms with Crippen molar-refractivity contribution in [1.82, 2.24) is 5.32 Å². The van der Waals surface area contributed by atoms with E-state index in [9.17, 15) is 4.79 Å². The lowest BCUT2D eigenvalue weighted by molar-refractivity contribution is 0.0912. The Morgan fingerprint density at radius 2 is 1.71 bits per heavy atom. The van der Waals surface area contributed by atoms with Gasteiger partial charge in [0.2, 0.25) is 0 Å². The summed E-state index contributed by atoms with van der Waals surface area (Å²) in [6, 6.07) is 16.2. The van der Waals surface area contributed by atoms with E-state index in [0.29, 0.717) is 0 Å². The SMILES string of the molecule is Cc1ccc(C)c(C(=O)NC(C)(C)Cc2ccccc2)c1. The van der Waals surface area contributed by atoms with Gasteiger partial charge in [0.1, 0.15) is 0 Å². The van der Waals surface area contributed by atoms with Crippen LogP contribution < -0.4 is 5.32 Å². The maximum absolute atomic E-state index is 12.5. The fraction of sp³-hybridized carbons (Fsp3) is 0.316. The molecule has 0 heterocycles. The van der Waals surface area contributed by atoms with Crippen LogP contribution in [0.5, 0.6) is 0 Å². The van der Waals surface area contributed by atoms with Crippen molar-refractivity contribution < 1.29 is 4.79 Å². The summed E-state index contributed by atoms with van der Waals surface area (Å²) in [5.41, 5.74) is 3.81. The van der Waals surface area contributed by atoms with Crippen molar-refractivity contribution >= 4 is 5.91 Å². The number of hydrogen-bond acceptors (Lipinski definition) is 1. The Bertz CT molecular complexity index is 629. The van der Waals surface area contributed by atoms with Gasteiger partial charge >= 0.3 is 0 Å². The Hall–Kier alpha value is -2.09. The second-order valence-electron chi connectivity index (χ2n) is 6.32. The maximum atomic E-state index is 12.5. The third-order valence-corrected chi connectivity index (χ3v) is 3.58. The van der Waals surface area contributed by atoms with Crippen LogP contribution in [0.25, 0.3) is 0 Å². The molecule has 2 aromatic rings. The number of benzene rings is 2. The van der Waals surface area contributed by atoms with E-state index in [0.717, 1.165) is 23.1 Å². The molecule has 1 amide bonds. The Morgan fingerprint density at radius 3 is 2.38 bits per heavy atom. The first-order chi connectivity index (χ1) is 9.87. The average molecular weight is 281 g/mol. The quantitative estimate of drug-likeness (QED) is 0.900. The zero-order valence-electron chi connectivity index (χ0n) is 13.2. The van der Waals surface area contributed by atoms with Crippen molar-refractivity contribution in [3.05, 3.63) is 70.8 Å². The smallest absolute Gasteiger partial charge is 0.251 e. The van der Waals surface area contributed by atoms with E-state index in [4.69, 9.17) is 0 Å². The molecule has 2 rings (SSSR count). The molecule has 0 aromatic heterocycles. The van der Waals surface area contributed by atoms with Crippen molar-refractivity contribution in [3.8, 4) is 0 Å². The van der Waals surface area contributed by atoms with Crippen LogP contribution in [0.1, 0.15) is 40.9 Å². The van der Waals surface area contributed by atoms with Gasteiger partial charge in [0.15, 0.2) is 0 Å². The number of carbonyl (C=O) groups is 1. The highest BCUT2D eigenvalue weighted by Crippen LogP contribution is 2.16. The van der Waals surface area contributed by atoms with Crippen molar-refractivity contribution in [2.45, 2.75) is 39.7 Å². The molecule has 2 nitrogen and oxygen atoms in total. The van der Waals surface area contributed by atoms with Crippen LogP contribution >= 0.6 is 0 Å². The number of amides is 1. The Balaban J connectivity index is 2.12. The first-order valence-corrected chi connectivity index (χ1v) is 7.31.